The van der Waals surface area contributed by atoms with Gasteiger partial charge in [-0.05, 0) is 44.6 Å². The molecule has 1 aliphatic carbocycles. The summed E-state index contributed by atoms with van der Waals surface area (Å²) < 4.78 is 0. The number of rotatable bonds is 3. The molecule has 0 bridgehead atoms. The van der Waals surface area contributed by atoms with Crippen molar-refractivity contribution in [2.24, 2.45) is 17.8 Å². The van der Waals surface area contributed by atoms with Crippen molar-refractivity contribution >= 4 is 5.91 Å². The van der Waals surface area contributed by atoms with Crippen LogP contribution in [0.1, 0.15) is 45.4 Å². The maximum atomic E-state index is 12.4. The Bertz CT molecular complexity index is 687. The van der Waals surface area contributed by atoms with Gasteiger partial charge in [-0.25, -0.2) is 5.01 Å². The van der Waals surface area contributed by atoms with E-state index in [0.29, 0.717) is 18.4 Å². The van der Waals surface area contributed by atoms with Gasteiger partial charge in [0, 0.05) is 31.1 Å². The van der Waals surface area contributed by atoms with Crippen molar-refractivity contribution in [1.82, 2.24) is 26.4 Å². The van der Waals surface area contributed by atoms with Crippen LogP contribution in [0.2, 0.25) is 0 Å². The third-order valence-corrected chi connectivity index (χ3v) is 8.21. The molecule has 0 aromatic heterocycles. The zero-order valence-corrected chi connectivity index (χ0v) is 16.6. The number of piperidine rings is 1. The van der Waals surface area contributed by atoms with Crippen LogP contribution < -0.4 is 21.4 Å². The van der Waals surface area contributed by atoms with Gasteiger partial charge < -0.3 is 15.7 Å². The number of nitriles is 1. The van der Waals surface area contributed by atoms with E-state index in [1.807, 2.05) is 0 Å². The maximum absolute atomic E-state index is 12.4. The number of hydrazine groups is 1. The zero-order chi connectivity index (χ0) is 19.5. The number of fused-ring (bicyclic) bond motifs is 2. The second-order valence-corrected chi connectivity index (χ2v) is 9.73. The smallest absolute Gasteiger partial charge is 0.253 e. The van der Waals surface area contributed by atoms with E-state index in [1.165, 1.54) is 19.3 Å². The predicted molar refractivity (Wildman–Crippen MR) is 102 cm³/mol. The van der Waals surface area contributed by atoms with Crippen molar-refractivity contribution in [2.45, 2.75) is 74.8 Å². The van der Waals surface area contributed by atoms with Crippen molar-refractivity contribution in [3.8, 4) is 6.07 Å². The van der Waals surface area contributed by atoms with Gasteiger partial charge in [-0.1, -0.05) is 12.8 Å². The van der Waals surface area contributed by atoms with Crippen LogP contribution in [-0.4, -0.2) is 65.0 Å². The molecule has 1 saturated carbocycles. The predicted octanol–water partition coefficient (Wildman–Crippen LogP) is -0.578. The first-order valence-electron chi connectivity index (χ1n) is 10.9. The molecule has 1 amide bonds. The molecule has 5 fully saturated rings. The molecule has 6 unspecified atom stereocenters. The molecule has 4 heterocycles. The molecule has 8 heteroatoms. The lowest BCUT2D eigenvalue weighted by Crippen LogP contribution is -2.72. The topological polar surface area (TPSA) is 112 Å². The second kappa shape index (κ2) is 6.64. The monoisotopic (exact) mass is 388 g/mol. The lowest BCUT2D eigenvalue weighted by atomic mass is 9.67. The Morgan fingerprint density at radius 2 is 2.04 bits per heavy atom. The Balaban J connectivity index is 1.46. The van der Waals surface area contributed by atoms with Gasteiger partial charge in [0.15, 0.2) is 0 Å². The van der Waals surface area contributed by atoms with E-state index in [9.17, 15) is 15.2 Å². The summed E-state index contributed by atoms with van der Waals surface area (Å²) in [6.45, 7) is 4.22. The highest BCUT2D eigenvalue weighted by molar-refractivity contribution is 5.87. The molecule has 0 radical (unpaired) electrons. The van der Waals surface area contributed by atoms with Gasteiger partial charge in [0.1, 0.15) is 5.60 Å². The number of hydrogen-bond acceptors (Lipinski definition) is 7. The van der Waals surface area contributed by atoms with Crippen LogP contribution in [0.5, 0.6) is 0 Å². The average Bonchev–Trinajstić information content (AvgIpc) is 3.14. The van der Waals surface area contributed by atoms with Crippen LogP contribution in [0.3, 0.4) is 0 Å². The molecule has 0 aromatic carbocycles. The summed E-state index contributed by atoms with van der Waals surface area (Å²) in [6, 6.07) is 3.09. The number of nitrogens with one attached hydrogen (secondary N) is 4. The first kappa shape index (κ1) is 18.8. The first-order valence-corrected chi connectivity index (χ1v) is 10.9. The molecule has 7 atom stereocenters. The van der Waals surface area contributed by atoms with E-state index in [1.54, 1.807) is 6.92 Å². The molecular formula is C20H32N6O2. The summed E-state index contributed by atoms with van der Waals surface area (Å²) in [4.78, 5) is 12.4. The van der Waals surface area contributed by atoms with Gasteiger partial charge in [0.25, 0.3) is 5.91 Å². The van der Waals surface area contributed by atoms with E-state index in [0.717, 1.165) is 32.5 Å². The molecule has 4 saturated heterocycles. The summed E-state index contributed by atoms with van der Waals surface area (Å²) in [5.74, 6) is 0.337. The van der Waals surface area contributed by atoms with Crippen molar-refractivity contribution in [2.75, 3.05) is 19.6 Å². The second-order valence-electron chi connectivity index (χ2n) is 9.73. The standard InChI is InChI=1S/C20H32N6O2/c1-19(28)15-13(6-9-23-17(15)24-18(19)27)16-12-4-2-3-5-14(12)26(25-16)20(7-8-21)10-22-11-20/h12-17,22-23,25,28H,2-7,9-11H2,1H3,(H,24,27)/t12?,13?,14?,15?,16?,17?,19-/m0/s1. The van der Waals surface area contributed by atoms with E-state index in [4.69, 9.17) is 0 Å². The zero-order valence-electron chi connectivity index (χ0n) is 16.6. The highest BCUT2D eigenvalue weighted by Gasteiger charge is 2.61. The minimum atomic E-state index is -1.34. The molecule has 154 valence electrons. The highest BCUT2D eigenvalue weighted by Crippen LogP contribution is 2.47. The fourth-order valence-corrected chi connectivity index (χ4v) is 6.76. The molecule has 0 aromatic rings. The molecule has 5 N–H and O–H groups in total. The van der Waals surface area contributed by atoms with Crippen molar-refractivity contribution < 1.29 is 9.90 Å². The number of aliphatic hydroxyl groups is 1. The van der Waals surface area contributed by atoms with Gasteiger partial charge in [0.05, 0.1) is 24.2 Å². The van der Waals surface area contributed by atoms with Gasteiger partial charge in [-0.15, -0.1) is 0 Å². The fraction of sp³-hybridized carbons (Fsp3) is 0.900. The molecule has 5 aliphatic rings. The molecular weight excluding hydrogens is 356 g/mol. The van der Waals surface area contributed by atoms with E-state index in [-0.39, 0.29) is 35.5 Å². The Labute approximate surface area is 166 Å². The fourth-order valence-electron chi connectivity index (χ4n) is 6.76. The molecule has 8 nitrogen and oxygen atoms in total. The van der Waals surface area contributed by atoms with Gasteiger partial charge in [0.2, 0.25) is 0 Å². The number of nitrogens with zero attached hydrogens (tertiary/aromatic N) is 2. The van der Waals surface area contributed by atoms with Crippen molar-refractivity contribution in [3.05, 3.63) is 0 Å². The minimum Gasteiger partial charge on any atom is -0.380 e. The SMILES string of the molecule is C[C@@]1(O)C(=O)NC2NCCC(C3NN(C4(CC#N)CNC4)C4CCCCC34)C21. The van der Waals surface area contributed by atoms with Crippen LogP contribution in [0.4, 0.5) is 0 Å². The summed E-state index contributed by atoms with van der Waals surface area (Å²) in [6.07, 6.45) is 6.14. The number of carbonyl (C=O) groups is 1. The summed E-state index contributed by atoms with van der Waals surface area (Å²) in [5.41, 5.74) is 2.39. The Morgan fingerprint density at radius 1 is 1.25 bits per heavy atom. The third-order valence-electron chi connectivity index (χ3n) is 8.21. The van der Waals surface area contributed by atoms with Gasteiger partial charge in [-0.2, -0.15) is 5.26 Å². The Morgan fingerprint density at radius 3 is 2.75 bits per heavy atom. The number of amides is 1. The van der Waals surface area contributed by atoms with Crippen molar-refractivity contribution in [3.63, 3.8) is 0 Å². The Hall–Kier alpha value is -1.24. The van der Waals surface area contributed by atoms with Crippen LogP contribution in [0.15, 0.2) is 0 Å². The number of carbonyl (C=O) groups excluding carboxylic acids is 1. The summed E-state index contributed by atoms with van der Waals surface area (Å²) >= 11 is 0. The highest BCUT2D eigenvalue weighted by atomic mass is 16.3. The van der Waals surface area contributed by atoms with Crippen LogP contribution in [0, 0.1) is 29.1 Å². The van der Waals surface area contributed by atoms with Gasteiger partial charge in [-0.3, -0.25) is 15.5 Å². The molecule has 5 rings (SSSR count). The minimum absolute atomic E-state index is 0.123. The quantitative estimate of drug-likeness (QED) is 0.440. The van der Waals surface area contributed by atoms with Crippen LogP contribution >= 0.6 is 0 Å². The van der Waals surface area contributed by atoms with Crippen molar-refractivity contribution in [1.29, 1.82) is 5.26 Å². The average molecular weight is 389 g/mol. The maximum Gasteiger partial charge on any atom is 0.253 e. The van der Waals surface area contributed by atoms with E-state index >= 15 is 0 Å². The lowest BCUT2D eigenvalue weighted by Gasteiger charge is -2.51. The number of hydrogen-bond donors (Lipinski definition) is 5. The molecule has 4 aliphatic heterocycles. The first-order chi connectivity index (χ1) is 13.5. The summed E-state index contributed by atoms with van der Waals surface area (Å²) in [7, 11) is 0. The van der Waals surface area contributed by atoms with E-state index in [2.05, 4.69) is 32.5 Å². The Kier molecular flexibility index (Phi) is 4.45. The largest absolute Gasteiger partial charge is 0.380 e. The van der Waals surface area contributed by atoms with E-state index < -0.39 is 5.60 Å². The molecule has 28 heavy (non-hydrogen) atoms. The van der Waals surface area contributed by atoms with Gasteiger partial charge >= 0.3 is 0 Å². The van der Waals surface area contributed by atoms with Crippen LogP contribution in [0.25, 0.3) is 0 Å². The molecule has 0 spiro atoms. The lowest BCUT2D eigenvalue weighted by molar-refractivity contribution is -0.138. The van der Waals surface area contributed by atoms with Crippen LogP contribution in [-0.2, 0) is 4.79 Å². The summed E-state index contributed by atoms with van der Waals surface area (Å²) in [5, 5.41) is 32.6. The third kappa shape index (κ3) is 2.57. The normalized spacial score (nSPS) is 47.5.